The molecule has 0 atom stereocenters. The molecule has 1 aromatic rings. The second kappa shape index (κ2) is 6.63. The van der Waals surface area contributed by atoms with Crippen LogP contribution in [-0.2, 0) is 12.2 Å². The lowest BCUT2D eigenvalue weighted by Crippen LogP contribution is -2.11. The number of aryl methyl sites for hydroxylation is 1. The van der Waals surface area contributed by atoms with Gasteiger partial charge in [0, 0.05) is 11.8 Å². The Balaban J connectivity index is 2.79. The van der Waals surface area contributed by atoms with Gasteiger partial charge in [-0.3, -0.25) is 0 Å². The molecule has 0 aliphatic heterocycles. The summed E-state index contributed by atoms with van der Waals surface area (Å²) in [5.41, 5.74) is 3.64. The first-order chi connectivity index (χ1) is 7.30. The Morgan fingerprint density at radius 1 is 1.40 bits per heavy atom. The molecule has 0 fully saturated rings. The van der Waals surface area contributed by atoms with Crippen molar-refractivity contribution in [2.75, 3.05) is 11.2 Å². The lowest BCUT2D eigenvalue weighted by atomic mass is 10.2. The van der Waals surface area contributed by atoms with Crippen LogP contribution in [0.25, 0.3) is 0 Å². The maximum atomic E-state index is 5.37. The summed E-state index contributed by atoms with van der Waals surface area (Å²) in [6.07, 6.45) is 2.06. The molecule has 0 unspecified atom stereocenters. The van der Waals surface area contributed by atoms with E-state index in [2.05, 4.69) is 29.2 Å². The minimum Gasteiger partial charge on any atom is -0.308 e. The third-order valence-electron chi connectivity index (χ3n) is 1.91. The van der Waals surface area contributed by atoms with Crippen molar-refractivity contribution in [3.63, 3.8) is 0 Å². The fraction of sp³-hybridized carbons (Fsp3) is 0.600. The topological polar surface area (TPSA) is 63.8 Å². The Morgan fingerprint density at radius 2 is 2.20 bits per heavy atom. The number of nitrogens with zero attached hydrogens (tertiary/aromatic N) is 2. The molecule has 5 heteroatoms. The van der Waals surface area contributed by atoms with Crippen molar-refractivity contribution in [1.29, 1.82) is 0 Å². The van der Waals surface area contributed by atoms with Crippen molar-refractivity contribution in [3.8, 4) is 0 Å². The number of nitrogen functional groups attached to an aromatic ring is 1. The van der Waals surface area contributed by atoms with Crippen LogP contribution in [0.4, 0.5) is 5.82 Å². The molecule has 0 spiro atoms. The van der Waals surface area contributed by atoms with Gasteiger partial charge in [0.2, 0.25) is 0 Å². The van der Waals surface area contributed by atoms with Crippen LogP contribution in [0.5, 0.6) is 0 Å². The number of thioether (sulfide) groups is 1. The van der Waals surface area contributed by atoms with Gasteiger partial charge in [0.25, 0.3) is 0 Å². The first-order valence-corrected chi connectivity index (χ1v) is 6.36. The number of nitrogens with two attached hydrogens (primary N) is 1. The minimum atomic E-state index is 0.708. The van der Waals surface area contributed by atoms with Crippen LogP contribution >= 0.6 is 11.8 Å². The SMILES string of the molecule is CCCc1cc(NN)nc(CSCC)n1. The summed E-state index contributed by atoms with van der Waals surface area (Å²) in [5, 5.41) is 0. The van der Waals surface area contributed by atoms with Crippen LogP contribution in [-0.4, -0.2) is 15.7 Å². The predicted molar refractivity (Wildman–Crippen MR) is 65.7 cm³/mol. The third-order valence-corrected chi connectivity index (χ3v) is 2.79. The molecule has 15 heavy (non-hydrogen) atoms. The summed E-state index contributed by atoms with van der Waals surface area (Å²) in [6.45, 7) is 4.26. The van der Waals surface area contributed by atoms with Gasteiger partial charge in [-0.05, 0) is 12.2 Å². The summed E-state index contributed by atoms with van der Waals surface area (Å²) in [6, 6.07) is 1.91. The molecule has 0 amide bonds. The van der Waals surface area contributed by atoms with Gasteiger partial charge in [-0.25, -0.2) is 15.8 Å². The van der Waals surface area contributed by atoms with E-state index in [0.717, 1.165) is 35.9 Å². The molecular weight excluding hydrogens is 208 g/mol. The van der Waals surface area contributed by atoms with Crippen LogP contribution in [0.15, 0.2) is 6.07 Å². The zero-order chi connectivity index (χ0) is 11.1. The number of aromatic nitrogens is 2. The highest BCUT2D eigenvalue weighted by atomic mass is 32.2. The van der Waals surface area contributed by atoms with Crippen molar-refractivity contribution in [3.05, 3.63) is 17.6 Å². The smallest absolute Gasteiger partial charge is 0.143 e. The highest BCUT2D eigenvalue weighted by Crippen LogP contribution is 2.12. The normalized spacial score (nSPS) is 10.3. The maximum absolute atomic E-state index is 5.37. The lowest BCUT2D eigenvalue weighted by Gasteiger charge is -2.06. The highest BCUT2D eigenvalue weighted by Gasteiger charge is 2.03. The van der Waals surface area contributed by atoms with Crippen LogP contribution in [0.1, 0.15) is 31.8 Å². The maximum Gasteiger partial charge on any atom is 0.143 e. The van der Waals surface area contributed by atoms with Gasteiger partial charge in [0.1, 0.15) is 11.6 Å². The Kier molecular flexibility index (Phi) is 5.42. The fourth-order valence-electron chi connectivity index (χ4n) is 1.27. The molecule has 1 rings (SSSR count). The molecular formula is C10H18N4S. The van der Waals surface area contributed by atoms with E-state index in [-0.39, 0.29) is 0 Å². The largest absolute Gasteiger partial charge is 0.308 e. The Labute approximate surface area is 95.0 Å². The summed E-state index contributed by atoms with van der Waals surface area (Å²) in [5.74, 6) is 8.86. The fourth-order valence-corrected chi connectivity index (χ4v) is 1.78. The molecule has 0 aliphatic rings. The van der Waals surface area contributed by atoms with Crippen LogP contribution in [0.3, 0.4) is 0 Å². The number of hydrogen-bond donors (Lipinski definition) is 2. The Bertz CT molecular complexity index is 303. The second-order valence-corrected chi connectivity index (χ2v) is 4.47. The van der Waals surface area contributed by atoms with E-state index in [4.69, 9.17) is 5.84 Å². The van der Waals surface area contributed by atoms with Crippen molar-refractivity contribution >= 4 is 17.6 Å². The molecule has 0 bridgehead atoms. The summed E-state index contributed by atoms with van der Waals surface area (Å²) in [7, 11) is 0. The van der Waals surface area contributed by atoms with Crippen molar-refractivity contribution in [2.45, 2.75) is 32.4 Å². The zero-order valence-electron chi connectivity index (χ0n) is 9.29. The third kappa shape index (κ3) is 4.05. The van der Waals surface area contributed by atoms with Crippen LogP contribution in [0, 0.1) is 0 Å². The molecule has 3 N–H and O–H groups in total. The van der Waals surface area contributed by atoms with Crippen LogP contribution < -0.4 is 11.3 Å². The van der Waals surface area contributed by atoms with Gasteiger partial charge in [0.05, 0.1) is 5.75 Å². The average Bonchev–Trinajstić information content (AvgIpc) is 2.26. The number of anilines is 1. The minimum absolute atomic E-state index is 0.708. The number of nitrogens with one attached hydrogen (secondary N) is 1. The summed E-state index contributed by atoms with van der Waals surface area (Å²) < 4.78 is 0. The Morgan fingerprint density at radius 3 is 2.80 bits per heavy atom. The van der Waals surface area contributed by atoms with Crippen LogP contribution in [0.2, 0.25) is 0 Å². The average molecular weight is 226 g/mol. The van der Waals surface area contributed by atoms with Crippen molar-refractivity contribution < 1.29 is 0 Å². The van der Waals surface area contributed by atoms with Gasteiger partial charge in [-0.1, -0.05) is 20.3 Å². The summed E-state index contributed by atoms with van der Waals surface area (Å²) in [4.78, 5) is 8.78. The highest BCUT2D eigenvalue weighted by molar-refractivity contribution is 7.98. The van der Waals surface area contributed by atoms with E-state index in [1.165, 1.54) is 0 Å². The first-order valence-electron chi connectivity index (χ1n) is 5.21. The second-order valence-electron chi connectivity index (χ2n) is 3.19. The van der Waals surface area contributed by atoms with E-state index in [1.54, 1.807) is 0 Å². The van der Waals surface area contributed by atoms with Gasteiger partial charge in [-0.15, -0.1) is 0 Å². The van der Waals surface area contributed by atoms with Crippen molar-refractivity contribution in [1.82, 2.24) is 9.97 Å². The molecule has 84 valence electrons. The van der Waals surface area contributed by atoms with E-state index in [1.807, 2.05) is 17.8 Å². The van der Waals surface area contributed by atoms with E-state index in [9.17, 15) is 0 Å². The van der Waals surface area contributed by atoms with E-state index >= 15 is 0 Å². The van der Waals surface area contributed by atoms with Gasteiger partial charge in [0.15, 0.2) is 0 Å². The zero-order valence-corrected chi connectivity index (χ0v) is 10.1. The molecule has 0 saturated heterocycles. The van der Waals surface area contributed by atoms with E-state index in [0.29, 0.717) is 5.82 Å². The summed E-state index contributed by atoms with van der Waals surface area (Å²) >= 11 is 1.81. The molecule has 1 aromatic heterocycles. The number of rotatable bonds is 6. The monoisotopic (exact) mass is 226 g/mol. The number of hydrazine groups is 1. The van der Waals surface area contributed by atoms with Gasteiger partial charge in [-0.2, -0.15) is 11.8 Å². The molecule has 0 saturated carbocycles. The van der Waals surface area contributed by atoms with Gasteiger partial charge >= 0.3 is 0 Å². The molecule has 4 nitrogen and oxygen atoms in total. The lowest BCUT2D eigenvalue weighted by molar-refractivity contribution is 0.854. The number of hydrogen-bond acceptors (Lipinski definition) is 5. The predicted octanol–water partition coefficient (Wildman–Crippen LogP) is 1.97. The Hall–Kier alpha value is -0.810. The van der Waals surface area contributed by atoms with Crippen molar-refractivity contribution in [2.24, 2.45) is 5.84 Å². The quantitative estimate of drug-likeness (QED) is 0.573. The standard InChI is InChI=1S/C10H18N4S/c1-3-5-8-6-9(14-11)13-10(12-8)7-15-4-2/h6H,3-5,7,11H2,1-2H3,(H,12,13,14). The van der Waals surface area contributed by atoms with Gasteiger partial charge < -0.3 is 5.43 Å². The molecule has 1 heterocycles. The molecule has 0 aliphatic carbocycles. The molecule has 0 aromatic carbocycles. The molecule has 0 radical (unpaired) electrons. The van der Waals surface area contributed by atoms with E-state index < -0.39 is 0 Å². The first kappa shape index (κ1) is 12.3.